The van der Waals surface area contributed by atoms with Gasteiger partial charge in [0.25, 0.3) is 5.91 Å². The predicted molar refractivity (Wildman–Crippen MR) is 138 cm³/mol. The Morgan fingerprint density at radius 1 is 1.24 bits per heavy atom. The molecule has 1 atom stereocenters. The number of aromatic nitrogens is 5. The first-order valence-corrected chi connectivity index (χ1v) is 12.6. The lowest BCUT2D eigenvalue weighted by atomic mass is 10.0. The van der Waals surface area contributed by atoms with Crippen molar-refractivity contribution in [2.75, 3.05) is 25.4 Å². The number of amides is 2. The van der Waals surface area contributed by atoms with Crippen LogP contribution in [0.5, 0.6) is 5.75 Å². The van der Waals surface area contributed by atoms with Crippen molar-refractivity contribution in [3.05, 3.63) is 41.2 Å². The molecule has 3 heterocycles. The quantitative estimate of drug-likeness (QED) is 0.312. The highest BCUT2D eigenvalue weighted by molar-refractivity contribution is 5.94. The molecule has 14 nitrogen and oxygen atoms in total. The van der Waals surface area contributed by atoms with Crippen molar-refractivity contribution in [1.29, 1.82) is 0 Å². The third kappa shape index (κ3) is 6.14. The maximum Gasteiger partial charge on any atom is 0.415 e. The molecular weight excluding hydrogens is 492 g/mol. The number of nitrogens with two attached hydrogens (primary N) is 1. The van der Waals surface area contributed by atoms with Crippen molar-refractivity contribution < 1.29 is 19.0 Å². The average molecular weight is 525 g/mol. The summed E-state index contributed by atoms with van der Waals surface area (Å²) in [7, 11) is 0. The molecule has 0 saturated carbocycles. The van der Waals surface area contributed by atoms with E-state index < -0.39 is 12.0 Å². The minimum atomic E-state index is -0.535. The third-order valence-corrected chi connectivity index (χ3v) is 6.45. The normalized spacial score (nSPS) is 16.0. The SMILES string of the molecule is CCN(CC)C(=O)Oc1ccc(/C=N/NC(=O)c2nnn(-c3nonc3N)c2CN2CCCC[C@@H]2C)cc1. The standard InChI is InChI=1S/C24H32N10O4/c1-4-32(5-2)24(36)37-18-11-9-17(10-12-18)14-26-28-23(35)20-19(15-33-13-7-6-8-16(33)3)34(31-27-20)22-21(25)29-38-30-22/h9-12,14,16H,4-8,13,15H2,1-3H3,(H2,25,29)(H,28,35)/b26-14+/t16-/m0/s1. The second-order valence-electron chi connectivity index (χ2n) is 8.89. The van der Waals surface area contributed by atoms with Crippen LogP contribution in [0.1, 0.15) is 61.8 Å². The van der Waals surface area contributed by atoms with E-state index in [-0.39, 0.29) is 17.3 Å². The van der Waals surface area contributed by atoms with Crippen LogP contribution in [0.2, 0.25) is 0 Å². The summed E-state index contributed by atoms with van der Waals surface area (Å²) in [5.41, 5.74) is 9.67. The maximum atomic E-state index is 13.0. The molecule has 1 aliphatic rings. The van der Waals surface area contributed by atoms with Gasteiger partial charge in [0.1, 0.15) is 5.75 Å². The molecule has 1 aromatic carbocycles. The molecule has 1 fully saturated rings. The number of likely N-dealkylation sites (tertiary alicyclic amines) is 1. The highest BCUT2D eigenvalue weighted by atomic mass is 16.6. The summed E-state index contributed by atoms with van der Waals surface area (Å²) in [6, 6.07) is 7.10. The van der Waals surface area contributed by atoms with Crippen molar-refractivity contribution >= 4 is 24.0 Å². The molecule has 3 aromatic rings. The molecule has 202 valence electrons. The van der Waals surface area contributed by atoms with Gasteiger partial charge in [-0.3, -0.25) is 9.69 Å². The molecule has 1 aliphatic heterocycles. The van der Waals surface area contributed by atoms with Gasteiger partial charge in [0.15, 0.2) is 5.69 Å². The number of nitrogens with one attached hydrogen (secondary N) is 1. The molecule has 38 heavy (non-hydrogen) atoms. The molecule has 0 unspecified atom stereocenters. The van der Waals surface area contributed by atoms with E-state index in [9.17, 15) is 9.59 Å². The minimum absolute atomic E-state index is 0.0408. The van der Waals surface area contributed by atoms with Crippen LogP contribution in [-0.4, -0.2) is 79.0 Å². The number of benzene rings is 1. The van der Waals surface area contributed by atoms with E-state index >= 15 is 0 Å². The van der Waals surface area contributed by atoms with Crippen LogP contribution in [0.25, 0.3) is 5.82 Å². The largest absolute Gasteiger partial charge is 0.415 e. The molecule has 0 bridgehead atoms. The van der Waals surface area contributed by atoms with Crippen LogP contribution < -0.4 is 15.9 Å². The number of piperidine rings is 1. The molecule has 1 saturated heterocycles. The Morgan fingerprint density at radius 2 is 2.00 bits per heavy atom. The fourth-order valence-corrected chi connectivity index (χ4v) is 4.20. The Morgan fingerprint density at radius 3 is 2.66 bits per heavy atom. The van der Waals surface area contributed by atoms with Crippen LogP contribution >= 0.6 is 0 Å². The first-order valence-electron chi connectivity index (χ1n) is 12.6. The zero-order chi connectivity index (χ0) is 27.1. The molecule has 0 spiro atoms. The minimum Gasteiger partial charge on any atom is -0.410 e. The molecule has 14 heteroatoms. The Balaban J connectivity index is 1.46. The number of hydrazone groups is 1. The van der Waals surface area contributed by atoms with Crippen molar-refractivity contribution in [2.45, 2.75) is 52.6 Å². The van der Waals surface area contributed by atoms with E-state index in [4.69, 9.17) is 15.1 Å². The maximum absolute atomic E-state index is 13.0. The summed E-state index contributed by atoms with van der Waals surface area (Å²) in [5, 5.41) is 19.6. The van der Waals surface area contributed by atoms with Gasteiger partial charge in [-0.1, -0.05) is 11.6 Å². The van der Waals surface area contributed by atoms with E-state index in [0.29, 0.717) is 42.7 Å². The third-order valence-electron chi connectivity index (χ3n) is 6.45. The van der Waals surface area contributed by atoms with E-state index in [2.05, 4.69) is 43.0 Å². The summed E-state index contributed by atoms with van der Waals surface area (Å²) < 4.78 is 11.5. The number of carbonyl (C=O) groups excluding carboxylic acids is 2. The van der Waals surface area contributed by atoms with Gasteiger partial charge < -0.3 is 15.4 Å². The topological polar surface area (TPSA) is 170 Å². The van der Waals surface area contributed by atoms with Gasteiger partial charge >= 0.3 is 6.09 Å². The number of hydrogen-bond acceptors (Lipinski definition) is 11. The summed E-state index contributed by atoms with van der Waals surface area (Å²) in [4.78, 5) is 29.0. The number of carbonyl (C=O) groups is 2. The lowest BCUT2D eigenvalue weighted by molar-refractivity contribution is 0.0945. The molecule has 3 N–H and O–H groups in total. The van der Waals surface area contributed by atoms with Gasteiger partial charge in [-0.25, -0.2) is 14.8 Å². The van der Waals surface area contributed by atoms with Gasteiger partial charge in [0.2, 0.25) is 11.6 Å². The highest BCUT2D eigenvalue weighted by Crippen LogP contribution is 2.23. The Bertz CT molecular complexity index is 1270. The van der Waals surface area contributed by atoms with E-state index in [1.54, 1.807) is 29.2 Å². The zero-order valence-corrected chi connectivity index (χ0v) is 21.7. The van der Waals surface area contributed by atoms with Crippen molar-refractivity contribution in [3.8, 4) is 11.6 Å². The van der Waals surface area contributed by atoms with Gasteiger partial charge in [0.05, 0.1) is 11.9 Å². The first-order chi connectivity index (χ1) is 18.4. The summed E-state index contributed by atoms with van der Waals surface area (Å²) >= 11 is 0. The summed E-state index contributed by atoms with van der Waals surface area (Å²) in [5.74, 6) is 0.0883. The Hall–Kier alpha value is -4.33. The lowest BCUT2D eigenvalue weighted by Crippen LogP contribution is -2.38. The molecule has 0 aliphatic carbocycles. The van der Waals surface area contributed by atoms with Crippen molar-refractivity contribution in [3.63, 3.8) is 0 Å². The first kappa shape index (κ1) is 26.7. The molecule has 0 radical (unpaired) electrons. The number of anilines is 1. The molecule has 2 amide bonds. The second-order valence-corrected chi connectivity index (χ2v) is 8.89. The molecule has 2 aromatic heterocycles. The summed E-state index contributed by atoms with van der Waals surface area (Å²) in [6.07, 6.45) is 4.36. The summed E-state index contributed by atoms with van der Waals surface area (Å²) in [6.45, 7) is 8.36. The fraction of sp³-hybridized carbons (Fsp3) is 0.458. The zero-order valence-electron chi connectivity index (χ0n) is 21.7. The van der Waals surface area contributed by atoms with Crippen LogP contribution in [0.4, 0.5) is 10.6 Å². The van der Waals surface area contributed by atoms with Crippen molar-refractivity contribution in [2.24, 2.45) is 5.10 Å². The van der Waals surface area contributed by atoms with Crippen LogP contribution in [0.15, 0.2) is 34.0 Å². The highest BCUT2D eigenvalue weighted by Gasteiger charge is 2.28. The Kier molecular flexibility index (Phi) is 8.63. The smallest absolute Gasteiger partial charge is 0.410 e. The second kappa shape index (κ2) is 12.3. The van der Waals surface area contributed by atoms with E-state index in [1.165, 1.54) is 10.9 Å². The number of hydrogen-bond donors (Lipinski definition) is 2. The van der Waals surface area contributed by atoms with Crippen LogP contribution in [0.3, 0.4) is 0 Å². The van der Waals surface area contributed by atoms with Crippen molar-refractivity contribution in [1.82, 2.24) is 40.5 Å². The van der Waals surface area contributed by atoms with Gasteiger partial charge in [-0.15, -0.1) is 5.10 Å². The van der Waals surface area contributed by atoms with Crippen LogP contribution in [0, 0.1) is 0 Å². The van der Waals surface area contributed by atoms with Gasteiger partial charge in [0, 0.05) is 25.7 Å². The van der Waals surface area contributed by atoms with E-state index in [0.717, 1.165) is 25.8 Å². The molecular formula is C24H32N10O4. The fourth-order valence-electron chi connectivity index (χ4n) is 4.20. The van der Waals surface area contributed by atoms with Crippen LogP contribution in [-0.2, 0) is 6.54 Å². The number of nitrogens with zero attached hydrogens (tertiary/aromatic N) is 8. The number of nitrogen functional groups attached to an aromatic ring is 1. The monoisotopic (exact) mass is 524 g/mol. The van der Waals surface area contributed by atoms with E-state index in [1.807, 2.05) is 13.8 Å². The average Bonchev–Trinajstić information content (AvgIpc) is 3.52. The molecule has 4 rings (SSSR count). The van der Waals surface area contributed by atoms with Gasteiger partial charge in [-0.2, -0.15) is 9.78 Å². The van der Waals surface area contributed by atoms with Gasteiger partial charge in [-0.05, 0) is 80.3 Å². The number of rotatable bonds is 9. The Labute approximate surface area is 219 Å². The predicted octanol–water partition coefficient (Wildman–Crippen LogP) is 2.21. The lowest BCUT2D eigenvalue weighted by Gasteiger charge is -2.33. The number of ether oxygens (including phenoxy) is 1.